The molecule has 0 aromatic carbocycles. The van der Waals surface area contributed by atoms with Gasteiger partial charge in [0, 0.05) is 18.7 Å². The monoisotopic (exact) mass is 270 g/mol. The lowest BCUT2D eigenvalue weighted by Gasteiger charge is -2.12. The first-order chi connectivity index (χ1) is 9.13. The van der Waals surface area contributed by atoms with Gasteiger partial charge in [0.2, 0.25) is 5.88 Å². The summed E-state index contributed by atoms with van der Waals surface area (Å²) < 4.78 is 23.9. The van der Waals surface area contributed by atoms with E-state index in [0.717, 1.165) is 12.1 Å². The molecule has 1 rings (SSSR count). The summed E-state index contributed by atoms with van der Waals surface area (Å²) in [4.78, 5) is 3.98. The molecule has 0 unspecified atom stereocenters. The van der Waals surface area contributed by atoms with Gasteiger partial charge in [-0.2, -0.15) is 0 Å². The predicted molar refractivity (Wildman–Crippen MR) is 72.7 cm³/mol. The first-order valence-corrected chi connectivity index (χ1v) is 6.69. The molecule has 0 aliphatic carbocycles. The standard InChI is InChI=1S/C14H23FN2O2/c1-4-18-5-6-19-14-12(7-13(15)10-17-14)9-16-8-11(2)3/h7,10-11,16H,4-6,8-9H2,1-3H3. The van der Waals surface area contributed by atoms with Crippen molar-refractivity contribution in [2.24, 2.45) is 5.92 Å². The van der Waals surface area contributed by atoms with E-state index in [1.54, 1.807) is 0 Å². The minimum Gasteiger partial charge on any atom is -0.475 e. The molecule has 5 heteroatoms. The lowest BCUT2D eigenvalue weighted by molar-refractivity contribution is 0.108. The second-order valence-corrected chi connectivity index (χ2v) is 4.69. The van der Waals surface area contributed by atoms with Crippen LogP contribution in [0.3, 0.4) is 0 Å². The zero-order chi connectivity index (χ0) is 14.1. The van der Waals surface area contributed by atoms with Gasteiger partial charge < -0.3 is 14.8 Å². The molecular weight excluding hydrogens is 247 g/mol. The van der Waals surface area contributed by atoms with Gasteiger partial charge in [-0.3, -0.25) is 0 Å². The Bertz CT molecular complexity index is 372. The van der Waals surface area contributed by atoms with Crippen LogP contribution in [0.2, 0.25) is 0 Å². The molecule has 108 valence electrons. The maximum atomic E-state index is 13.2. The number of hydrogen-bond acceptors (Lipinski definition) is 4. The van der Waals surface area contributed by atoms with Crippen molar-refractivity contribution < 1.29 is 13.9 Å². The predicted octanol–water partition coefficient (Wildman–Crippen LogP) is 2.38. The van der Waals surface area contributed by atoms with Crippen LogP contribution in [-0.4, -0.2) is 31.3 Å². The van der Waals surface area contributed by atoms with Crippen molar-refractivity contribution in [3.05, 3.63) is 23.6 Å². The highest BCUT2D eigenvalue weighted by Crippen LogP contribution is 2.16. The summed E-state index contributed by atoms with van der Waals surface area (Å²) in [5, 5.41) is 3.25. The van der Waals surface area contributed by atoms with Crippen LogP contribution in [0.15, 0.2) is 12.3 Å². The quantitative estimate of drug-likeness (QED) is 0.700. The number of hydrogen-bond donors (Lipinski definition) is 1. The fourth-order valence-electron chi connectivity index (χ4n) is 1.56. The van der Waals surface area contributed by atoms with Crippen molar-refractivity contribution >= 4 is 0 Å². The van der Waals surface area contributed by atoms with Gasteiger partial charge in [0.1, 0.15) is 12.4 Å². The van der Waals surface area contributed by atoms with Crippen LogP contribution in [0.4, 0.5) is 4.39 Å². The molecule has 0 atom stereocenters. The molecule has 0 saturated carbocycles. The normalized spacial score (nSPS) is 11.0. The lowest BCUT2D eigenvalue weighted by atomic mass is 10.2. The molecule has 0 saturated heterocycles. The van der Waals surface area contributed by atoms with E-state index >= 15 is 0 Å². The van der Waals surface area contributed by atoms with Crippen LogP contribution in [0.5, 0.6) is 5.88 Å². The molecule has 0 amide bonds. The van der Waals surface area contributed by atoms with Gasteiger partial charge >= 0.3 is 0 Å². The van der Waals surface area contributed by atoms with Crippen molar-refractivity contribution in [2.75, 3.05) is 26.4 Å². The fourth-order valence-corrected chi connectivity index (χ4v) is 1.56. The summed E-state index contributed by atoms with van der Waals surface area (Å²) in [7, 11) is 0. The summed E-state index contributed by atoms with van der Waals surface area (Å²) >= 11 is 0. The van der Waals surface area contributed by atoms with Gasteiger partial charge in [0.15, 0.2) is 0 Å². The Balaban J connectivity index is 2.53. The van der Waals surface area contributed by atoms with Crippen LogP contribution >= 0.6 is 0 Å². The van der Waals surface area contributed by atoms with Crippen LogP contribution < -0.4 is 10.1 Å². The number of ether oxygens (including phenoxy) is 2. The van der Waals surface area contributed by atoms with Crippen LogP contribution in [0.25, 0.3) is 0 Å². The summed E-state index contributed by atoms with van der Waals surface area (Å²) in [6.07, 6.45) is 1.17. The lowest BCUT2D eigenvalue weighted by Crippen LogP contribution is -2.20. The minimum absolute atomic E-state index is 0.349. The largest absolute Gasteiger partial charge is 0.475 e. The van der Waals surface area contributed by atoms with E-state index in [-0.39, 0.29) is 5.82 Å². The highest BCUT2D eigenvalue weighted by molar-refractivity contribution is 5.26. The van der Waals surface area contributed by atoms with E-state index < -0.39 is 0 Å². The summed E-state index contributed by atoms with van der Waals surface area (Å²) in [5.74, 6) is 0.666. The minimum atomic E-state index is -0.349. The van der Waals surface area contributed by atoms with E-state index in [1.165, 1.54) is 12.3 Å². The molecule has 1 N–H and O–H groups in total. The Kier molecular flexibility index (Phi) is 7.36. The molecule has 0 bridgehead atoms. The smallest absolute Gasteiger partial charge is 0.218 e. The van der Waals surface area contributed by atoms with E-state index in [0.29, 0.717) is 38.2 Å². The summed E-state index contributed by atoms with van der Waals surface area (Å²) in [6, 6.07) is 1.45. The van der Waals surface area contributed by atoms with Gasteiger partial charge in [0.25, 0.3) is 0 Å². The Morgan fingerprint density at radius 3 is 2.84 bits per heavy atom. The van der Waals surface area contributed by atoms with Gasteiger partial charge in [-0.05, 0) is 25.5 Å². The van der Waals surface area contributed by atoms with E-state index in [2.05, 4.69) is 24.1 Å². The van der Waals surface area contributed by atoms with E-state index in [9.17, 15) is 4.39 Å². The van der Waals surface area contributed by atoms with Crippen LogP contribution in [0.1, 0.15) is 26.3 Å². The van der Waals surface area contributed by atoms with Crippen molar-refractivity contribution in [3.8, 4) is 5.88 Å². The van der Waals surface area contributed by atoms with Crippen molar-refractivity contribution in [3.63, 3.8) is 0 Å². The fraction of sp³-hybridized carbons (Fsp3) is 0.643. The second kappa shape index (κ2) is 8.82. The third-order valence-corrected chi connectivity index (χ3v) is 2.43. The third-order valence-electron chi connectivity index (χ3n) is 2.43. The van der Waals surface area contributed by atoms with E-state index in [4.69, 9.17) is 9.47 Å². The Labute approximate surface area is 114 Å². The van der Waals surface area contributed by atoms with Gasteiger partial charge in [0.05, 0.1) is 12.8 Å². The van der Waals surface area contributed by atoms with Gasteiger partial charge in [-0.15, -0.1) is 0 Å². The number of nitrogens with one attached hydrogen (secondary N) is 1. The second-order valence-electron chi connectivity index (χ2n) is 4.69. The van der Waals surface area contributed by atoms with Crippen molar-refractivity contribution in [1.82, 2.24) is 10.3 Å². The van der Waals surface area contributed by atoms with Gasteiger partial charge in [-0.1, -0.05) is 13.8 Å². The number of halogens is 1. The molecule has 19 heavy (non-hydrogen) atoms. The highest BCUT2D eigenvalue weighted by Gasteiger charge is 2.07. The van der Waals surface area contributed by atoms with Crippen LogP contribution in [-0.2, 0) is 11.3 Å². The molecule has 0 spiro atoms. The molecule has 1 heterocycles. The average molecular weight is 270 g/mol. The molecule has 0 aliphatic rings. The first-order valence-electron chi connectivity index (χ1n) is 6.69. The number of aromatic nitrogens is 1. The Morgan fingerprint density at radius 2 is 2.16 bits per heavy atom. The molecule has 1 aromatic rings. The summed E-state index contributed by atoms with van der Waals surface area (Å²) in [5.41, 5.74) is 0.733. The maximum absolute atomic E-state index is 13.2. The molecule has 0 fully saturated rings. The first kappa shape index (κ1) is 15.9. The number of nitrogens with zero attached hydrogens (tertiary/aromatic N) is 1. The molecule has 1 aromatic heterocycles. The zero-order valence-corrected chi connectivity index (χ0v) is 11.9. The topological polar surface area (TPSA) is 43.4 Å². The van der Waals surface area contributed by atoms with Crippen molar-refractivity contribution in [2.45, 2.75) is 27.3 Å². The SMILES string of the molecule is CCOCCOc1ncc(F)cc1CNCC(C)C. The Morgan fingerprint density at radius 1 is 1.37 bits per heavy atom. The maximum Gasteiger partial charge on any atom is 0.218 e. The Hall–Kier alpha value is -1.20. The number of rotatable bonds is 9. The molecular formula is C14H23FN2O2. The summed E-state index contributed by atoms with van der Waals surface area (Å²) in [6.45, 7) is 9.17. The van der Waals surface area contributed by atoms with Crippen molar-refractivity contribution in [1.29, 1.82) is 0 Å². The number of pyridine rings is 1. The third kappa shape index (κ3) is 6.50. The average Bonchev–Trinajstić information content (AvgIpc) is 2.36. The molecule has 4 nitrogen and oxygen atoms in total. The highest BCUT2D eigenvalue weighted by atomic mass is 19.1. The van der Waals surface area contributed by atoms with Crippen LogP contribution in [0, 0.1) is 11.7 Å². The zero-order valence-electron chi connectivity index (χ0n) is 11.9. The van der Waals surface area contributed by atoms with Gasteiger partial charge in [-0.25, -0.2) is 9.37 Å². The molecule has 0 radical (unpaired) electrons. The molecule has 0 aliphatic heterocycles. The van der Waals surface area contributed by atoms with E-state index in [1.807, 2.05) is 6.92 Å².